The van der Waals surface area contributed by atoms with Gasteiger partial charge in [-0.25, -0.2) is 4.79 Å². The third kappa shape index (κ3) is 6.62. The van der Waals surface area contributed by atoms with Gasteiger partial charge < -0.3 is 30.1 Å². The maximum Gasteiger partial charge on any atom is 0.315 e. The van der Waals surface area contributed by atoms with Gasteiger partial charge in [0.15, 0.2) is 0 Å². The molecule has 0 aliphatic carbocycles. The summed E-state index contributed by atoms with van der Waals surface area (Å²) in [4.78, 5) is 26.1. The van der Waals surface area contributed by atoms with E-state index in [0.717, 1.165) is 5.56 Å². The Morgan fingerprint density at radius 2 is 1.71 bits per heavy atom. The summed E-state index contributed by atoms with van der Waals surface area (Å²) >= 11 is 0. The van der Waals surface area contributed by atoms with Crippen LogP contribution in [0.2, 0.25) is 0 Å². The molecule has 168 valence electrons. The zero-order chi connectivity index (χ0) is 23.0. The molecule has 0 heterocycles. The Labute approximate surface area is 183 Å². The molecule has 0 spiro atoms. The van der Waals surface area contributed by atoms with Crippen LogP contribution in [0.3, 0.4) is 0 Å². The quantitative estimate of drug-likeness (QED) is 0.569. The van der Waals surface area contributed by atoms with Crippen molar-refractivity contribution in [1.29, 1.82) is 0 Å². The minimum atomic E-state index is -0.959. The second-order valence-electron chi connectivity index (χ2n) is 7.39. The van der Waals surface area contributed by atoms with Crippen LogP contribution in [0.4, 0.5) is 4.79 Å². The van der Waals surface area contributed by atoms with Gasteiger partial charge in [0.05, 0.1) is 14.2 Å². The van der Waals surface area contributed by atoms with Crippen molar-refractivity contribution in [2.75, 3.05) is 27.8 Å². The molecule has 2 aromatic carbocycles. The Kier molecular flexibility index (Phi) is 8.69. The molecule has 0 saturated heterocycles. The fraction of sp³-hybridized carbons (Fsp3) is 0.391. The normalized spacial score (nSPS) is 11.6. The zero-order valence-corrected chi connectivity index (χ0v) is 18.6. The van der Waals surface area contributed by atoms with Crippen LogP contribution in [0.15, 0.2) is 42.5 Å². The summed E-state index contributed by atoms with van der Waals surface area (Å²) in [5.74, 6) is 1.04. The maximum absolute atomic E-state index is 12.3. The number of nitrogens with one attached hydrogen (secondary N) is 2. The van der Waals surface area contributed by atoms with Crippen molar-refractivity contribution in [2.24, 2.45) is 0 Å². The number of nitrogens with zero attached hydrogens (tertiary/aromatic N) is 1. The van der Waals surface area contributed by atoms with Gasteiger partial charge in [-0.3, -0.25) is 4.79 Å². The highest BCUT2D eigenvalue weighted by molar-refractivity contribution is 5.94. The molecule has 3 N–H and O–H groups in total. The Bertz CT molecular complexity index is 883. The molecular formula is C23H31N3O5. The fourth-order valence-corrected chi connectivity index (χ4v) is 2.85. The highest BCUT2D eigenvalue weighted by atomic mass is 16.5. The minimum Gasteiger partial charge on any atom is -0.497 e. The van der Waals surface area contributed by atoms with Crippen molar-refractivity contribution in [1.82, 2.24) is 15.5 Å². The van der Waals surface area contributed by atoms with Gasteiger partial charge in [0, 0.05) is 37.3 Å². The van der Waals surface area contributed by atoms with E-state index in [2.05, 4.69) is 10.6 Å². The predicted octanol–water partition coefficient (Wildman–Crippen LogP) is 2.72. The first-order chi connectivity index (χ1) is 14.8. The van der Waals surface area contributed by atoms with Crippen molar-refractivity contribution in [3.05, 3.63) is 59.2 Å². The number of aliphatic hydroxyl groups is 1. The Morgan fingerprint density at radius 1 is 1.03 bits per heavy atom. The van der Waals surface area contributed by atoms with Crippen molar-refractivity contribution in [3.8, 4) is 11.5 Å². The van der Waals surface area contributed by atoms with Gasteiger partial charge in [-0.1, -0.05) is 12.1 Å². The van der Waals surface area contributed by atoms with Crippen LogP contribution in [0.5, 0.6) is 11.5 Å². The highest BCUT2D eigenvalue weighted by Crippen LogP contribution is 2.29. The van der Waals surface area contributed by atoms with Crippen LogP contribution < -0.4 is 20.1 Å². The van der Waals surface area contributed by atoms with Gasteiger partial charge in [0.2, 0.25) is 0 Å². The van der Waals surface area contributed by atoms with Gasteiger partial charge >= 0.3 is 6.03 Å². The number of benzene rings is 2. The smallest absolute Gasteiger partial charge is 0.315 e. The minimum absolute atomic E-state index is 0.00430. The number of hydrogen-bond donors (Lipinski definition) is 3. The van der Waals surface area contributed by atoms with Crippen LogP contribution >= 0.6 is 0 Å². The Balaban J connectivity index is 1.86. The molecule has 1 atom stereocenters. The third-order valence-corrected chi connectivity index (χ3v) is 5.00. The lowest BCUT2D eigenvalue weighted by Gasteiger charge is -2.21. The summed E-state index contributed by atoms with van der Waals surface area (Å²) < 4.78 is 10.4. The topological polar surface area (TPSA) is 100 Å². The number of amides is 3. The summed E-state index contributed by atoms with van der Waals surface area (Å²) in [6.45, 7) is 4.20. The summed E-state index contributed by atoms with van der Waals surface area (Å²) in [5, 5.41) is 15.8. The number of carbonyl (C=O) groups excluding carboxylic acids is 2. The van der Waals surface area contributed by atoms with E-state index < -0.39 is 12.1 Å². The summed E-state index contributed by atoms with van der Waals surface area (Å²) in [5.41, 5.74) is 1.97. The molecule has 0 aliphatic heterocycles. The largest absolute Gasteiger partial charge is 0.497 e. The second-order valence-corrected chi connectivity index (χ2v) is 7.39. The van der Waals surface area contributed by atoms with E-state index in [1.54, 1.807) is 54.4 Å². The van der Waals surface area contributed by atoms with E-state index in [4.69, 9.17) is 9.47 Å². The Hall–Kier alpha value is -3.26. The van der Waals surface area contributed by atoms with E-state index in [1.807, 2.05) is 13.8 Å². The molecular weight excluding hydrogens is 398 g/mol. The molecule has 1 unspecified atom stereocenters. The number of methoxy groups -OCH3 is 2. The van der Waals surface area contributed by atoms with Crippen LogP contribution in [0.25, 0.3) is 0 Å². The van der Waals surface area contributed by atoms with Crippen molar-refractivity contribution < 1.29 is 24.2 Å². The lowest BCUT2D eigenvalue weighted by Crippen LogP contribution is -2.37. The molecule has 8 heteroatoms. The van der Waals surface area contributed by atoms with Crippen molar-refractivity contribution >= 4 is 11.9 Å². The first kappa shape index (κ1) is 24.0. The van der Waals surface area contributed by atoms with E-state index in [0.29, 0.717) is 29.2 Å². The molecule has 0 radical (unpaired) electrons. The number of hydrogen-bond acceptors (Lipinski definition) is 5. The van der Waals surface area contributed by atoms with Crippen LogP contribution in [0, 0.1) is 0 Å². The monoisotopic (exact) mass is 429 g/mol. The number of rotatable bonds is 9. The Morgan fingerprint density at radius 3 is 2.29 bits per heavy atom. The second kappa shape index (κ2) is 11.2. The van der Waals surface area contributed by atoms with Crippen LogP contribution in [0.1, 0.15) is 41.4 Å². The van der Waals surface area contributed by atoms with Crippen LogP contribution in [-0.4, -0.2) is 55.8 Å². The van der Waals surface area contributed by atoms with Gasteiger partial charge in [-0.15, -0.1) is 0 Å². The fourth-order valence-electron chi connectivity index (χ4n) is 2.85. The number of aliphatic hydroxyl groups excluding tert-OH is 1. The molecule has 0 bridgehead atoms. The molecule has 0 aliphatic rings. The predicted molar refractivity (Wildman–Crippen MR) is 118 cm³/mol. The highest BCUT2D eigenvalue weighted by Gasteiger charge is 2.16. The van der Waals surface area contributed by atoms with Gasteiger partial charge in [0.25, 0.3) is 5.91 Å². The standard InChI is InChI=1S/C23H31N3O5/c1-15(2)26(3)22(28)17-8-6-16(7-9-17)13-24-23(29)25-14-20(27)19-12-18(30-4)10-11-21(19)31-5/h6-12,15,20,27H,13-14H2,1-5H3,(H2,24,25,29). The molecule has 2 aromatic rings. The first-order valence-corrected chi connectivity index (χ1v) is 10.0. The lowest BCUT2D eigenvalue weighted by atomic mass is 10.1. The van der Waals surface area contributed by atoms with Gasteiger partial charge in [-0.2, -0.15) is 0 Å². The SMILES string of the molecule is COc1ccc(OC)c(C(O)CNC(=O)NCc2ccc(C(=O)N(C)C(C)C)cc2)c1. The number of ether oxygens (including phenoxy) is 2. The summed E-state index contributed by atoms with van der Waals surface area (Å²) in [7, 11) is 4.81. The average molecular weight is 430 g/mol. The molecule has 0 fully saturated rings. The maximum atomic E-state index is 12.3. The van der Waals surface area contributed by atoms with Crippen molar-refractivity contribution in [3.63, 3.8) is 0 Å². The van der Waals surface area contributed by atoms with E-state index in [1.165, 1.54) is 14.2 Å². The number of urea groups is 1. The third-order valence-electron chi connectivity index (χ3n) is 5.00. The lowest BCUT2D eigenvalue weighted by molar-refractivity contribution is 0.0755. The van der Waals surface area contributed by atoms with Gasteiger partial charge in [0.1, 0.15) is 17.6 Å². The average Bonchev–Trinajstić information content (AvgIpc) is 2.79. The number of carbonyl (C=O) groups is 2. The van der Waals surface area contributed by atoms with Crippen molar-refractivity contribution in [2.45, 2.75) is 32.5 Å². The summed E-state index contributed by atoms with van der Waals surface area (Å²) in [6, 6.07) is 11.9. The molecule has 0 aromatic heterocycles. The molecule has 2 rings (SSSR count). The molecule has 31 heavy (non-hydrogen) atoms. The van der Waals surface area contributed by atoms with Gasteiger partial charge in [-0.05, 0) is 49.7 Å². The molecule has 8 nitrogen and oxygen atoms in total. The molecule has 3 amide bonds. The van der Waals surface area contributed by atoms with E-state index >= 15 is 0 Å². The van der Waals surface area contributed by atoms with E-state index in [-0.39, 0.29) is 18.5 Å². The van der Waals surface area contributed by atoms with Crippen LogP contribution in [-0.2, 0) is 6.54 Å². The van der Waals surface area contributed by atoms with E-state index in [9.17, 15) is 14.7 Å². The molecule has 0 saturated carbocycles. The zero-order valence-electron chi connectivity index (χ0n) is 18.6. The summed E-state index contributed by atoms with van der Waals surface area (Å²) in [6.07, 6.45) is -0.959. The first-order valence-electron chi connectivity index (χ1n) is 10.0.